The number of rotatable bonds is 4. The zero-order valence-electron chi connectivity index (χ0n) is 11.5. The van der Waals surface area contributed by atoms with Gasteiger partial charge in [-0.05, 0) is 24.6 Å². The Hall–Kier alpha value is -2.30. The van der Waals surface area contributed by atoms with Crippen molar-refractivity contribution in [1.29, 1.82) is 0 Å². The van der Waals surface area contributed by atoms with Crippen molar-refractivity contribution in [3.8, 4) is 22.8 Å². The minimum Gasteiger partial charge on any atom is -0.496 e. The van der Waals surface area contributed by atoms with Gasteiger partial charge in [0.25, 0.3) is 0 Å². The van der Waals surface area contributed by atoms with Crippen LogP contribution in [0.3, 0.4) is 0 Å². The fraction of sp³-hybridized carbons (Fsp3) is 0.286. The highest BCUT2D eigenvalue weighted by molar-refractivity contribution is 5.81. The summed E-state index contributed by atoms with van der Waals surface area (Å²) in [6, 6.07) is 3.90. The predicted molar refractivity (Wildman–Crippen MR) is 74.9 cm³/mol. The second-order valence-electron chi connectivity index (χ2n) is 4.05. The Balaban J connectivity index is 2.73. The van der Waals surface area contributed by atoms with Crippen molar-refractivity contribution in [1.82, 2.24) is 9.97 Å². The van der Waals surface area contributed by atoms with Crippen molar-refractivity contribution >= 4 is 5.82 Å². The number of methoxy groups -OCH3 is 2. The minimum atomic E-state index is 0.683. The SMILES string of the molecule is CNc1nccnc1-c1c(OC)cc(C)cc1OC. The molecule has 5 heteroatoms. The Morgan fingerprint density at radius 3 is 2.11 bits per heavy atom. The summed E-state index contributed by atoms with van der Waals surface area (Å²) in [7, 11) is 5.07. The van der Waals surface area contributed by atoms with Crippen molar-refractivity contribution < 1.29 is 9.47 Å². The van der Waals surface area contributed by atoms with Crippen LogP contribution in [-0.2, 0) is 0 Å². The first-order chi connectivity index (χ1) is 9.21. The van der Waals surface area contributed by atoms with E-state index in [-0.39, 0.29) is 0 Å². The molecule has 0 aliphatic carbocycles. The molecule has 1 N–H and O–H groups in total. The van der Waals surface area contributed by atoms with Crippen LogP contribution in [0.1, 0.15) is 5.56 Å². The standard InChI is InChI=1S/C14H17N3O2/c1-9-7-10(18-3)12(11(8-9)19-4)13-14(15-2)17-6-5-16-13/h5-8H,1-4H3,(H,15,17). The third kappa shape index (κ3) is 2.45. The number of ether oxygens (including phenoxy) is 2. The molecular formula is C14H17N3O2. The second-order valence-corrected chi connectivity index (χ2v) is 4.05. The summed E-state index contributed by atoms with van der Waals surface area (Å²) >= 11 is 0. The Morgan fingerprint density at radius 2 is 1.58 bits per heavy atom. The van der Waals surface area contributed by atoms with Crippen molar-refractivity contribution in [3.05, 3.63) is 30.1 Å². The Morgan fingerprint density at radius 1 is 1.00 bits per heavy atom. The highest BCUT2D eigenvalue weighted by Gasteiger charge is 2.18. The van der Waals surface area contributed by atoms with Crippen LogP contribution in [-0.4, -0.2) is 31.2 Å². The largest absolute Gasteiger partial charge is 0.496 e. The molecule has 0 aliphatic rings. The summed E-state index contributed by atoms with van der Waals surface area (Å²) in [6.45, 7) is 1.99. The van der Waals surface area contributed by atoms with Gasteiger partial charge in [0, 0.05) is 19.4 Å². The zero-order valence-corrected chi connectivity index (χ0v) is 11.5. The van der Waals surface area contributed by atoms with Crippen LogP contribution in [0.15, 0.2) is 24.5 Å². The van der Waals surface area contributed by atoms with E-state index in [9.17, 15) is 0 Å². The van der Waals surface area contributed by atoms with Crippen LogP contribution >= 0.6 is 0 Å². The van der Waals surface area contributed by atoms with Crippen LogP contribution in [0.5, 0.6) is 11.5 Å². The lowest BCUT2D eigenvalue weighted by atomic mass is 10.1. The molecule has 0 spiro atoms. The Labute approximate surface area is 112 Å². The lowest BCUT2D eigenvalue weighted by molar-refractivity contribution is 0.396. The van der Waals surface area contributed by atoms with E-state index < -0.39 is 0 Å². The molecule has 1 aromatic carbocycles. The van der Waals surface area contributed by atoms with Crippen molar-refractivity contribution in [2.45, 2.75) is 6.92 Å². The van der Waals surface area contributed by atoms with Crippen LogP contribution in [0, 0.1) is 6.92 Å². The summed E-state index contributed by atoms with van der Waals surface area (Å²) in [5, 5.41) is 3.03. The smallest absolute Gasteiger partial charge is 0.152 e. The molecule has 0 unspecified atom stereocenters. The maximum absolute atomic E-state index is 5.45. The van der Waals surface area contributed by atoms with Gasteiger partial charge in [-0.2, -0.15) is 0 Å². The van der Waals surface area contributed by atoms with Crippen molar-refractivity contribution in [2.24, 2.45) is 0 Å². The summed E-state index contributed by atoms with van der Waals surface area (Å²) in [6.07, 6.45) is 3.29. The van der Waals surface area contributed by atoms with Crippen LogP contribution in [0.2, 0.25) is 0 Å². The maximum atomic E-state index is 5.45. The van der Waals surface area contributed by atoms with Gasteiger partial charge in [0.15, 0.2) is 5.82 Å². The molecule has 0 saturated carbocycles. The van der Waals surface area contributed by atoms with E-state index in [0.29, 0.717) is 23.0 Å². The number of hydrogen-bond donors (Lipinski definition) is 1. The minimum absolute atomic E-state index is 0.683. The highest BCUT2D eigenvalue weighted by Crippen LogP contribution is 2.40. The molecule has 0 aliphatic heterocycles. The summed E-state index contributed by atoms with van der Waals surface area (Å²) in [4.78, 5) is 8.64. The molecular weight excluding hydrogens is 242 g/mol. The number of anilines is 1. The fourth-order valence-electron chi connectivity index (χ4n) is 1.98. The Bertz CT molecular complexity index is 560. The van der Waals surface area contributed by atoms with Gasteiger partial charge in [-0.25, -0.2) is 4.98 Å². The second kappa shape index (κ2) is 5.56. The molecule has 0 amide bonds. The van der Waals surface area contributed by atoms with Gasteiger partial charge in [0.05, 0.1) is 19.8 Å². The van der Waals surface area contributed by atoms with Crippen LogP contribution in [0.25, 0.3) is 11.3 Å². The Kier molecular flexibility index (Phi) is 3.85. The third-order valence-corrected chi connectivity index (χ3v) is 2.82. The maximum Gasteiger partial charge on any atom is 0.152 e. The number of benzene rings is 1. The first-order valence-electron chi connectivity index (χ1n) is 5.93. The van der Waals surface area contributed by atoms with Crippen molar-refractivity contribution in [2.75, 3.05) is 26.6 Å². The summed E-state index contributed by atoms with van der Waals surface area (Å²) in [5.74, 6) is 2.12. The molecule has 100 valence electrons. The normalized spacial score (nSPS) is 10.1. The van der Waals surface area contributed by atoms with E-state index in [1.165, 1.54) is 0 Å². The molecule has 0 atom stereocenters. The summed E-state index contributed by atoms with van der Waals surface area (Å²) < 4.78 is 10.9. The van der Waals surface area contributed by atoms with Gasteiger partial charge in [-0.1, -0.05) is 0 Å². The van der Waals surface area contributed by atoms with Gasteiger partial charge < -0.3 is 14.8 Å². The molecule has 1 aromatic heterocycles. The number of aromatic nitrogens is 2. The highest BCUT2D eigenvalue weighted by atomic mass is 16.5. The molecule has 0 radical (unpaired) electrons. The van der Waals surface area contributed by atoms with Gasteiger partial charge in [0.1, 0.15) is 17.2 Å². The van der Waals surface area contributed by atoms with E-state index in [1.54, 1.807) is 33.7 Å². The average Bonchev–Trinajstić information content (AvgIpc) is 2.46. The van der Waals surface area contributed by atoms with E-state index in [0.717, 1.165) is 11.1 Å². The third-order valence-electron chi connectivity index (χ3n) is 2.82. The first kappa shape index (κ1) is 13.1. The number of nitrogens with zero attached hydrogens (tertiary/aromatic N) is 2. The summed E-state index contributed by atoms with van der Waals surface area (Å²) in [5.41, 5.74) is 2.57. The van der Waals surface area contributed by atoms with E-state index in [2.05, 4.69) is 15.3 Å². The van der Waals surface area contributed by atoms with Crippen LogP contribution in [0.4, 0.5) is 5.82 Å². The quantitative estimate of drug-likeness (QED) is 0.914. The molecule has 1 heterocycles. The van der Waals surface area contributed by atoms with E-state index in [1.807, 2.05) is 19.1 Å². The van der Waals surface area contributed by atoms with Gasteiger partial charge in [-0.15, -0.1) is 0 Å². The topological polar surface area (TPSA) is 56.3 Å². The molecule has 0 fully saturated rings. The van der Waals surface area contributed by atoms with Gasteiger partial charge in [-0.3, -0.25) is 4.98 Å². The number of aryl methyl sites for hydroxylation is 1. The van der Waals surface area contributed by atoms with Crippen molar-refractivity contribution in [3.63, 3.8) is 0 Å². The number of nitrogens with one attached hydrogen (secondary N) is 1. The van der Waals surface area contributed by atoms with Gasteiger partial charge in [0.2, 0.25) is 0 Å². The first-order valence-corrected chi connectivity index (χ1v) is 5.93. The molecule has 5 nitrogen and oxygen atoms in total. The monoisotopic (exact) mass is 259 g/mol. The van der Waals surface area contributed by atoms with Gasteiger partial charge >= 0.3 is 0 Å². The van der Waals surface area contributed by atoms with Crippen LogP contribution < -0.4 is 14.8 Å². The predicted octanol–water partition coefficient (Wildman–Crippen LogP) is 2.51. The fourth-order valence-corrected chi connectivity index (χ4v) is 1.98. The van der Waals surface area contributed by atoms with E-state index >= 15 is 0 Å². The lowest BCUT2D eigenvalue weighted by Crippen LogP contribution is -2.01. The molecule has 0 saturated heterocycles. The molecule has 2 aromatic rings. The number of hydrogen-bond acceptors (Lipinski definition) is 5. The lowest BCUT2D eigenvalue weighted by Gasteiger charge is -2.15. The molecule has 0 bridgehead atoms. The zero-order chi connectivity index (χ0) is 13.8. The molecule has 2 rings (SSSR count). The average molecular weight is 259 g/mol. The van der Waals surface area contributed by atoms with E-state index in [4.69, 9.17) is 9.47 Å². The molecule has 19 heavy (non-hydrogen) atoms.